The predicted molar refractivity (Wildman–Crippen MR) is 106 cm³/mol. The number of hydrogen-bond acceptors (Lipinski definition) is 4. The molecule has 0 saturated carbocycles. The van der Waals surface area contributed by atoms with E-state index in [0.29, 0.717) is 18.7 Å². The summed E-state index contributed by atoms with van der Waals surface area (Å²) in [6.45, 7) is 1.20. The summed E-state index contributed by atoms with van der Waals surface area (Å²) >= 11 is 0. The Hall–Kier alpha value is -3.47. The minimum absolute atomic E-state index is 0.0341. The molecule has 0 saturated heterocycles. The molecule has 1 aliphatic heterocycles. The van der Waals surface area contributed by atoms with Crippen molar-refractivity contribution in [2.75, 3.05) is 13.8 Å². The summed E-state index contributed by atoms with van der Waals surface area (Å²) in [7, 11) is 1.79. The summed E-state index contributed by atoms with van der Waals surface area (Å²) in [4.78, 5) is 14.4. The molecule has 1 aliphatic rings. The molecule has 0 unspecified atom stereocenters. The highest BCUT2D eigenvalue weighted by Crippen LogP contribution is 2.32. The van der Waals surface area contributed by atoms with E-state index in [1.807, 2.05) is 72.8 Å². The van der Waals surface area contributed by atoms with E-state index in [1.54, 1.807) is 11.9 Å². The van der Waals surface area contributed by atoms with Gasteiger partial charge < -0.3 is 19.1 Å². The van der Waals surface area contributed by atoms with E-state index in [0.717, 1.165) is 28.4 Å². The number of fused-ring (bicyclic) bond motifs is 1. The fraction of sp³-hybridized carbons (Fsp3) is 0.174. The van der Waals surface area contributed by atoms with E-state index in [4.69, 9.17) is 14.2 Å². The molecule has 3 aromatic carbocycles. The first-order chi connectivity index (χ1) is 13.7. The fourth-order valence-corrected chi connectivity index (χ4v) is 3.03. The van der Waals surface area contributed by atoms with E-state index in [1.165, 1.54) is 0 Å². The molecule has 0 spiro atoms. The second kappa shape index (κ2) is 8.05. The summed E-state index contributed by atoms with van der Waals surface area (Å²) in [6.07, 6.45) is 0. The quantitative estimate of drug-likeness (QED) is 0.646. The molecule has 1 heterocycles. The van der Waals surface area contributed by atoms with Gasteiger partial charge >= 0.3 is 0 Å². The number of nitrogens with zero attached hydrogens (tertiary/aromatic N) is 1. The summed E-state index contributed by atoms with van der Waals surface area (Å²) in [5, 5.41) is 0. The smallest absolute Gasteiger partial charge is 0.253 e. The lowest BCUT2D eigenvalue weighted by Gasteiger charge is -2.18. The number of carbonyl (C=O) groups is 1. The molecule has 0 aliphatic carbocycles. The maximum absolute atomic E-state index is 12.7. The highest BCUT2D eigenvalue weighted by molar-refractivity contribution is 5.94. The Labute approximate surface area is 164 Å². The Bertz CT molecular complexity index is 954. The summed E-state index contributed by atoms with van der Waals surface area (Å²) < 4.78 is 16.5. The topological polar surface area (TPSA) is 48.0 Å². The Morgan fingerprint density at radius 1 is 0.929 bits per heavy atom. The van der Waals surface area contributed by atoms with Gasteiger partial charge in [-0.25, -0.2) is 0 Å². The lowest BCUT2D eigenvalue weighted by Crippen LogP contribution is -2.26. The third kappa shape index (κ3) is 4.09. The molecular formula is C23H21NO4. The van der Waals surface area contributed by atoms with E-state index < -0.39 is 0 Å². The van der Waals surface area contributed by atoms with Crippen LogP contribution in [0.2, 0.25) is 0 Å². The summed E-state index contributed by atoms with van der Waals surface area (Å²) in [5.74, 6) is 2.26. The van der Waals surface area contributed by atoms with Crippen molar-refractivity contribution in [3.8, 4) is 17.2 Å². The first-order valence-corrected chi connectivity index (χ1v) is 9.10. The zero-order chi connectivity index (χ0) is 19.3. The van der Waals surface area contributed by atoms with Crippen molar-refractivity contribution in [3.05, 3.63) is 89.5 Å². The van der Waals surface area contributed by atoms with E-state index in [9.17, 15) is 4.79 Å². The average Bonchev–Trinajstić information content (AvgIpc) is 3.21. The summed E-state index contributed by atoms with van der Waals surface area (Å²) in [6, 6.07) is 22.9. The van der Waals surface area contributed by atoms with Crippen molar-refractivity contribution < 1.29 is 19.0 Å². The molecule has 0 fully saturated rings. The van der Waals surface area contributed by atoms with Crippen molar-refractivity contribution in [1.82, 2.24) is 4.90 Å². The monoisotopic (exact) mass is 375 g/mol. The normalized spacial score (nSPS) is 11.9. The molecule has 0 radical (unpaired) electrons. The molecule has 4 rings (SSSR count). The van der Waals surface area contributed by atoms with Gasteiger partial charge in [0.1, 0.15) is 12.4 Å². The van der Waals surface area contributed by atoms with Crippen LogP contribution in [-0.2, 0) is 13.2 Å². The Kier molecular flexibility index (Phi) is 5.15. The van der Waals surface area contributed by atoms with E-state index in [-0.39, 0.29) is 12.7 Å². The van der Waals surface area contributed by atoms with Crippen LogP contribution in [0.4, 0.5) is 0 Å². The minimum Gasteiger partial charge on any atom is -0.489 e. The highest BCUT2D eigenvalue weighted by atomic mass is 16.7. The molecule has 5 nitrogen and oxygen atoms in total. The van der Waals surface area contributed by atoms with Gasteiger partial charge in [0, 0.05) is 19.2 Å². The van der Waals surface area contributed by atoms with Gasteiger partial charge in [-0.05, 0) is 47.5 Å². The number of ether oxygens (including phenoxy) is 3. The second-order valence-corrected chi connectivity index (χ2v) is 6.65. The lowest BCUT2D eigenvalue weighted by molar-refractivity contribution is 0.0785. The zero-order valence-corrected chi connectivity index (χ0v) is 15.6. The van der Waals surface area contributed by atoms with E-state index in [2.05, 4.69) is 0 Å². The largest absolute Gasteiger partial charge is 0.489 e. The number of hydrogen-bond donors (Lipinski definition) is 0. The molecule has 28 heavy (non-hydrogen) atoms. The maximum Gasteiger partial charge on any atom is 0.253 e. The van der Waals surface area contributed by atoms with Crippen LogP contribution >= 0.6 is 0 Å². The number of carbonyl (C=O) groups excluding carboxylic acids is 1. The van der Waals surface area contributed by atoms with Crippen molar-refractivity contribution >= 4 is 5.91 Å². The number of rotatable bonds is 6. The van der Waals surface area contributed by atoms with Crippen LogP contribution in [0.25, 0.3) is 0 Å². The van der Waals surface area contributed by atoms with Gasteiger partial charge in [0.25, 0.3) is 5.91 Å². The van der Waals surface area contributed by atoms with Crippen LogP contribution in [0.15, 0.2) is 72.8 Å². The predicted octanol–water partition coefficient (Wildman–Crippen LogP) is 4.27. The first-order valence-electron chi connectivity index (χ1n) is 9.10. The Morgan fingerprint density at radius 2 is 1.64 bits per heavy atom. The van der Waals surface area contributed by atoms with Gasteiger partial charge in [0.2, 0.25) is 6.79 Å². The van der Waals surface area contributed by atoms with Crippen LogP contribution in [0.3, 0.4) is 0 Å². The first kappa shape index (κ1) is 17.9. The molecule has 0 bridgehead atoms. The van der Waals surface area contributed by atoms with Gasteiger partial charge in [0.05, 0.1) is 0 Å². The van der Waals surface area contributed by atoms with Gasteiger partial charge in [-0.3, -0.25) is 4.79 Å². The molecule has 5 heteroatoms. The summed E-state index contributed by atoms with van der Waals surface area (Å²) in [5.41, 5.74) is 2.65. The van der Waals surface area contributed by atoms with Crippen molar-refractivity contribution in [2.45, 2.75) is 13.2 Å². The standard InChI is InChI=1S/C23H21NO4/c1-24(14-18-9-12-21-22(13-18)28-16-27-21)23(25)19-10-7-17(8-11-19)15-26-20-5-3-2-4-6-20/h2-13H,14-16H2,1H3. The third-order valence-electron chi connectivity index (χ3n) is 4.55. The average molecular weight is 375 g/mol. The Balaban J connectivity index is 1.36. The zero-order valence-electron chi connectivity index (χ0n) is 15.6. The SMILES string of the molecule is CN(Cc1ccc2c(c1)OCO2)C(=O)c1ccc(COc2ccccc2)cc1. The molecule has 3 aromatic rings. The molecule has 0 atom stereocenters. The number of para-hydroxylation sites is 1. The van der Waals surface area contributed by atoms with E-state index >= 15 is 0 Å². The highest BCUT2D eigenvalue weighted by Gasteiger charge is 2.16. The van der Waals surface area contributed by atoms with Gasteiger partial charge in [-0.2, -0.15) is 0 Å². The lowest BCUT2D eigenvalue weighted by atomic mass is 10.1. The molecule has 0 N–H and O–H groups in total. The number of amides is 1. The fourth-order valence-electron chi connectivity index (χ4n) is 3.03. The van der Waals surface area contributed by atoms with Crippen LogP contribution in [0.5, 0.6) is 17.2 Å². The number of benzene rings is 3. The van der Waals surface area contributed by atoms with Crippen molar-refractivity contribution in [2.24, 2.45) is 0 Å². The van der Waals surface area contributed by atoms with Gasteiger partial charge in [-0.15, -0.1) is 0 Å². The maximum atomic E-state index is 12.7. The third-order valence-corrected chi connectivity index (χ3v) is 4.55. The second-order valence-electron chi connectivity index (χ2n) is 6.65. The minimum atomic E-state index is -0.0341. The molecular weight excluding hydrogens is 354 g/mol. The van der Waals surface area contributed by atoms with Crippen LogP contribution in [0, 0.1) is 0 Å². The van der Waals surface area contributed by atoms with Crippen LogP contribution in [-0.4, -0.2) is 24.6 Å². The van der Waals surface area contributed by atoms with Crippen LogP contribution < -0.4 is 14.2 Å². The van der Waals surface area contributed by atoms with Gasteiger partial charge in [-0.1, -0.05) is 36.4 Å². The van der Waals surface area contributed by atoms with Crippen molar-refractivity contribution in [3.63, 3.8) is 0 Å². The van der Waals surface area contributed by atoms with Crippen LogP contribution in [0.1, 0.15) is 21.5 Å². The molecule has 0 aromatic heterocycles. The van der Waals surface area contributed by atoms with Gasteiger partial charge in [0.15, 0.2) is 11.5 Å². The molecule has 1 amide bonds. The molecule has 142 valence electrons. The Morgan fingerprint density at radius 3 is 2.43 bits per heavy atom. The van der Waals surface area contributed by atoms with Crippen molar-refractivity contribution in [1.29, 1.82) is 0 Å².